The van der Waals surface area contributed by atoms with Crippen molar-refractivity contribution in [3.05, 3.63) is 35.9 Å². The van der Waals surface area contributed by atoms with Crippen LogP contribution in [0, 0.1) is 11.3 Å². The van der Waals surface area contributed by atoms with Gasteiger partial charge in [-0.2, -0.15) is 0 Å². The third-order valence-electron chi connectivity index (χ3n) is 3.35. The smallest absolute Gasteiger partial charge is 0.258 e. The van der Waals surface area contributed by atoms with Crippen LogP contribution in [0.3, 0.4) is 0 Å². The molecule has 0 unspecified atom stereocenters. The lowest BCUT2D eigenvalue weighted by Crippen LogP contribution is -2.38. The van der Waals surface area contributed by atoms with Gasteiger partial charge in [-0.05, 0) is 44.0 Å². The van der Waals surface area contributed by atoms with Gasteiger partial charge in [0.25, 0.3) is 5.91 Å². The van der Waals surface area contributed by atoms with Crippen molar-refractivity contribution in [2.75, 3.05) is 19.6 Å². The first-order valence-electron chi connectivity index (χ1n) is 6.38. The van der Waals surface area contributed by atoms with Gasteiger partial charge < -0.3 is 5.32 Å². The Kier molecular flexibility index (Phi) is 4.47. The van der Waals surface area contributed by atoms with Gasteiger partial charge in [-0.15, -0.1) is 0 Å². The zero-order valence-electron chi connectivity index (χ0n) is 10.4. The summed E-state index contributed by atoms with van der Waals surface area (Å²) < 4.78 is 0. The summed E-state index contributed by atoms with van der Waals surface area (Å²) in [6, 6.07) is 9.17. The highest BCUT2D eigenvalue weighted by molar-refractivity contribution is 6.00. The molecular weight excluding hydrogens is 226 g/mol. The molecule has 1 saturated heterocycles. The number of carbonyl (C=O) groups is 1. The number of benzene rings is 1. The first-order valence-corrected chi connectivity index (χ1v) is 6.38. The molecule has 1 aliphatic rings. The van der Waals surface area contributed by atoms with Crippen molar-refractivity contribution < 1.29 is 4.79 Å². The molecule has 96 valence electrons. The van der Waals surface area contributed by atoms with E-state index in [1.54, 1.807) is 12.1 Å². The maximum Gasteiger partial charge on any atom is 0.258 e. The summed E-state index contributed by atoms with van der Waals surface area (Å²) in [4.78, 5) is 13.7. The molecule has 1 amide bonds. The highest BCUT2D eigenvalue weighted by atomic mass is 16.2. The van der Waals surface area contributed by atoms with Gasteiger partial charge in [-0.1, -0.05) is 18.2 Å². The van der Waals surface area contributed by atoms with E-state index in [4.69, 9.17) is 5.41 Å². The molecule has 4 nitrogen and oxygen atoms in total. The van der Waals surface area contributed by atoms with E-state index in [1.807, 2.05) is 18.2 Å². The molecule has 0 bridgehead atoms. The van der Waals surface area contributed by atoms with Gasteiger partial charge in [0, 0.05) is 12.1 Å². The molecule has 0 aromatic heterocycles. The molecule has 2 rings (SSSR count). The molecule has 0 radical (unpaired) electrons. The number of piperidine rings is 1. The highest BCUT2D eigenvalue weighted by Gasteiger charge is 2.20. The fraction of sp³-hybridized carbons (Fsp3) is 0.429. The lowest BCUT2D eigenvalue weighted by atomic mass is 9.97. The summed E-state index contributed by atoms with van der Waals surface area (Å²) in [6.07, 6.45) is 3.30. The maximum absolute atomic E-state index is 12.2. The molecule has 1 fully saturated rings. The number of amides is 1. The Hall–Kier alpha value is -1.68. The second-order valence-electron chi connectivity index (χ2n) is 4.65. The molecule has 0 aliphatic carbocycles. The van der Waals surface area contributed by atoms with E-state index < -0.39 is 0 Å². The first kappa shape index (κ1) is 12.8. The number of rotatable bonds is 4. The van der Waals surface area contributed by atoms with Crippen molar-refractivity contribution in [2.24, 2.45) is 5.92 Å². The molecule has 1 aromatic carbocycles. The summed E-state index contributed by atoms with van der Waals surface area (Å²) >= 11 is 0. The third kappa shape index (κ3) is 3.17. The second-order valence-corrected chi connectivity index (χ2v) is 4.65. The quantitative estimate of drug-likeness (QED) is 0.627. The predicted octanol–water partition coefficient (Wildman–Crippen LogP) is 1.74. The number of hydrogen-bond acceptors (Lipinski definition) is 3. The van der Waals surface area contributed by atoms with Crippen LogP contribution >= 0.6 is 0 Å². The van der Waals surface area contributed by atoms with Crippen LogP contribution < -0.4 is 5.32 Å². The number of nitrogens with one attached hydrogen (secondary N) is 2. The van der Waals surface area contributed by atoms with Crippen LogP contribution in [0.1, 0.15) is 23.2 Å². The summed E-state index contributed by atoms with van der Waals surface area (Å²) in [5, 5.41) is 10.7. The van der Waals surface area contributed by atoms with Crippen LogP contribution in [0.25, 0.3) is 0 Å². The minimum absolute atomic E-state index is 0.0795. The Morgan fingerprint density at radius 2 is 2.00 bits per heavy atom. The van der Waals surface area contributed by atoms with Gasteiger partial charge in [0.05, 0.1) is 6.34 Å². The van der Waals surface area contributed by atoms with Crippen LogP contribution in [0.15, 0.2) is 30.3 Å². The van der Waals surface area contributed by atoms with Crippen molar-refractivity contribution in [1.29, 1.82) is 5.41 Å². The van der Waals surface area contributed by atoms with Gasteiger partial charge in [0.1, 0.15) is 0 Å². The normalized spacial score (nSPS) is 16.2. The van der Waals surface area contributed by atoms with Gasteiger partial charge >= 0.3 is 0 Å². The summed E-state index contributed by atoms with van der Waals surface area (Å²) in [5.41, 5.74) is 0.648. The first-order chi connectivity index (χ1) is 8.81. The van der Waals surface area contributed by atoms with E-state index >= 15 is 0 Å². The van der Waals surface area contributed by atoms with E-state index in [0.29, 0.717) is 18.0 Å². The molecule has 2 N–H and O–H groups in total. The van der Waals surface area contributed by atoms with E-state index in [1.165, 1.54) is 4.90 Å². The van der Waals surface area contributed by atoms with Crippen LogP contribution in [0.2, 0.25) is 0 Å². The molecular formula is C14H19N3O. The van der Waals surface area contributed by atoms with Gasteiger partial charge in [0.2, 0.25) is 0 Å². The van der Waals surface area contributed by atoms with E-state index in [0.717, 1.165) is 32.3 Å². The topological polar surface area (TPSA) is 56.2 Å². The highest BCUT2D eigenvalue weighted by Crippen LogP contribution is 2.14. The summed E-state index contributed by atoms with van der Waals surface area (Å²) in [7, 11) is 0. The largest absolute Gasteiger partial charge is 0.317 e. The van der Waals surface area contributed by atoms with Crippen LogP contribution in [-0.4, -0.2) is 36.8 Å². The molecule has 0 saturated carbocycles. The molecule has 1 aromatic rings. The molecule has 1 heterocycles. The van der Waals surface area contributed by atoms with Crippen LogP contribution in [-0.2, 0) is 0 Å². The molecule has 0 atom stereocenters. The lowest BCUT2D eigenvalue weighted by Gasteiger charge is -2.27. The molecule has 0 spiro atoms. The summed E-state index contributed by atoms with van der Waals surface area (Å²) in [5.74, 6) is 0.421. The average molecular weight is 245 g/mol. The fourth-order valence-electron chi connectivity index (χ4n) is 2.28. The zero-order valence-corrected chi connectivity index (χ0v) is 10.4. The minimum Gasteiger partial charge on any atom is -0.317 e. The predicted molar refractivity (Wildman–Crippen MR) is 71.9 cm³/mol. The Morgan fingerprint density at radius 3 is 2.61 bits per heavy atom. The lowest BCUT2D eigenvalue weighted by molar-refractivity contribution is 0.0828. The Balaban J connectivity index is 1.99. The molecule has 1 aliphatic heterocycles. The van der Waals surface area contributed by atoms with E-state index in [-0.39, 0.29) is 5.91 Å². The van der Waals surface area contributed by atoms with Gasteiger partial charge in [-0.25, -0.2) is 0 Å². The number of nitrogens with zero attached hydrogens (tertiary/aromatic N) is 1. The third-order valence-corrected chi connectivity index (χ3v) is 3.35. The standard InChI is InChI=1S/C14H19N3O/c15-11-17(10-12-6-8-16-9-7-12)14(18)13-4-2-1-3-5-13/h1-5,11-12,15-16H,6-10H2. The van der Waals surface area contributed by atoms with Crippen LogP contribution in [0.4, 0.5) is 0 Å². The molecule has 4 heteroatoms. The zero-order chi connectivity index (χ0) is 12.8. The van der Waals surface area contributed by atoms with Crippen molar-refractivity contribution in [1.82, 2.24) is 10.2 Å². The minimum atomic E-state index is -0.0795. The SMILES string of the molecule is N=CN(CC1CCNCC1)C(=O)c1ccccc1. The van der Waals surface area contributed by atoms with Crippen molar-refractivity contribution >= 4 is 12.2 Å². The van der Waals surface area contributed by atoms with Crippen LogP contribution in [0.5, 0.6) is 0 Å². The number of hydrogen-bond donors (Lipinski definition) is 2. The Labute approximate surface area is 108 Å². The van der Waals surface area contributed by atoms with Crippen molar-refractivity contribution in [3.8, 4) is 0 Å². The fourth-order valence-corrected chi connectivity index (χ4v) is 2.28. The number of carbonyl (C=O) groups excluding carboxylic acids is 1. The maximum atomic E-state index is 12.2. The second kappa shape index (κ2) is 6.31. The summed E-state index contributed by atoms with van der Waals surface area (Å²) in [6.45, 7) is 2.67. The average Bonchev–Trinajstić information content (AvgIpc) is 2.46. The van der Waals surface area contributed by atoms with Crippen molar-refractivity contribution in [3.63, 3.8) is 0 Å². The Morgan fingerprint density at radius 1 is 1.33 bits per heavy atom. The Bertz CT molecular complexity index is 399. The van der Waals surface area contributed by atoms with Gasteiger partial charge in [-0.3, -0.25) is 15.1 Å². The molecule has 18 heavy (non-hydrogen) atoms. The van der Waals surface area contributed by atoms with E-state index in [2.05, 4.69) is 5.32 Å². The van der Waals surface area contributed by atoms with E-state index in [9.17, 15) is 4.79 Å². The van der Waals surface area contributed by atoms with Gasteiger partial charge in [0.15, 0.2) is 0 Å². The monoisotopic (exact) mass is 245 g/mol. The van der Waals surface area contributed by atoms with Crippen molar-refractivity contribution in [2.45, 2.75) is 12.8 Å².